The van der Waals surface area contributed by atoms with Crippen LogP contribution in [0.3, 0.4) is 0 Å². The molecule has 1 amide bonds. The number of nitrogens with two attached hydrogens (primary N) is 1. The molecule has 0 saturated heterocycles. The molecule has 0 saturated carbocycles. The highest BCUT2D eigenvalue weighted by Crippen LogP contribution is 2.17. The first kappa shape index (κ1) is 13.6. The van der Waals surface area contributed by atoms with Crippen LogP contribution in [-0.2, 0) is 10.5 Å². The minimum atomic E-state index is -0.338. The van der Waals surface area contributed by atoms with Crippen LogP contribution in [0.25, 0.3) is 5.69 Å². The molecule has 0 spiro atoms. The first-order valence-electron chi connectivity index (χ1n) is 5.77. The highest BCUT2D eigenvalue weighted by molar-refractivity contribution is 7.99. The second-order valence-electron chi connectivity index (χ2n) is 4.09. The van der Waals surface area contributed by atoms with Gasteiger partial charge in [0.2, 0.25) is 5.91 Å². The second kappa shape index (κ2) is 5.88. The molecule has 0 bridgehead atoms. The Morgan fingerprint density at radius 2 is 2.32 bits per heavy atom. The third-order valence-electron chi connectivity index (χ3n) is 2.60. The van der Waals surface area contributed by atoms with Crippen molar-refractivity contribution in [2.24, 2.45) is 5.73 Å². The SMILES string of the molecule is C[C@@H](SCc1ccn(-c2cccc(F)c2)n1)C(N)=O. The van der Waals surface area contributed by atoms with E-state index in [4.69, 9.17) is 5.73 Å². The molecule has 0 aliphatic rings. The maximum Gasteiger partial charge on any atom is 0.230 e. The topological polar surface area (TPSA) is 60.9 Å². The van der Waals surface area contributed by atoms with Crippen LogP contribution < -0.4 is 5.73 Å². The number of aromatic nitrogens is 2. The zero-order valence-corrected chi connectivity index (χ0v) is 11.2. The first-order valence-corrected chi connectivity index (χ1v) is 6.82. The molecule has 2 aromatic rings. The number of primary amides is 1. The number of amides is 1. The van der Waals surface area contributed by atoms with Gasteiger partial charge >= 0.3 is 0 Å². The van der Waals surface area contributed by atoms with Gasteiger partial charge in [0, 0.05) is 11.9 Å². The quantitative estimate of drug-likeness (QED) is 0.912. The molecule has 19 heavy (non-hydrogen) atoms. The summed E-state index contributed by atoms with van der Waals surface area (Å²) in [5.41, 5.74) is 6.67. The largest absolute Gasteiger partial charge is 0.369 e. The highest BCUT2D eigenvalue weighted by Gasteiger charge is 2.10. The fourth-order valence-corrected chi connectivity index (χ4v) is 2.23. The van der Waals surface area contributed by atoms with E-state index >= 15 is 0 Å². The molecule has 0 fully saturated rings. The number of nitrogens with zero attached hydrogens (tertiary/aromatic N) is 2. The summed E-state index contributed by atoms with van der Waals surface area (Å²) in [6, 6.07) is 8.05. The summed E-state index contributed by atoms with van der Waals surface area (Å²) in [6.07, 6.45) is 1.76. The smallest absolute Gasteiger partial charge is 0.230 e. The van der Waals surface area contributed by atoms with Crippen molar-refractivity contribution in [3.05, 3.63) is 48.0 Å². The Bertz CT molecular complexity index is 585. The zero-order chi connectivity index (χ0) is 13.8. The number of hydrogen-bond donors (Lipinski definition) is 1. The Labute approximate surface area is 114 Å². The van der Waals surface area contributed by atoms with E-state index in [9.17, 15) is 9.18 Å². The highest BCUT2D eigenvalue weighted by atomic mass is 32.2. The summed E-state index contributed by atoms with van der Waals surface area (Å²) in [5.74, 6) is -0.0484. The number of benzene rings is 1. The number of hydrogen-bond acceptors (Lipinski definition) is 3. The van der Waals surface area contributed by atoms with Crippen LogP contribution in [0.4, 0.5) is 4.39 Å². The molecular weight excluding hydrogens is 265 g/mol. The summed E-state index contributed by atoms with van der Waals surface area (Å²) >= 11 is 1.42. The van der Waals surface area contributed by atoms with E-state index in [0.717, 1.165) is 5.69 Å². The van der Waals surface area contributed by atoms with Crippen LogP contribution >= 0.6 is 11.8 Å². The Balaban J connectivity index is 2.05. The van der Waals surface area contributed by atoms with Crippen molar-refractivity contribution < 1.29 is 9.18 Å². The molecule has 100 valence electrons. The van der Waals surface area contributed by atoms with Crippen LogP contribution in [0.15, 0.2) is 36.5 Å². The van der Waals surface area contributed by atoms with Crippen molar-refractivity contribution in [1.29, 1.82) is 0 Å². The standard InChI is InChI=1S/C13H14FN3OS/c1-9(13(15)18)19-8-11-5-6-17(16-11)12-4-2-3-10(14)7-12/h2-7,9H,8H2,1H3,(H2,15,18)/t9-/m1/s1. The molecule has 0 unspecified atom stereocenters. The van der Waals surface area contributed by atoms with Gasteiger partial charge in [-0.3, -0.25) is 4.79 Å². The predicted octanol–water partition coefficient (Wildman–Crippen LogP) is 2.12. The fourth-order valence-electron chi connectivity index (χ4n) is 1.49. The van der Waals surface area contributed by atoms with Gasteiger partial charge in [0.05, 0.1) is 16.6 Å². The fraction of sp³-hybridized carbons (Fsp3) is 0.231. The summed E-state index contributed by atoms with van der Waals surface area (Å²) in [7, 11) is 0. The molecule has 1 aromatic carbocycles. The van der Waals surface area contributed by atoms with Crippen LogP contribution in [-0.4, -0.2) is 20.9 Å². The van der Waals surface area contributed by atoms with Gasteiger partial charge in [0.1, 0.15) is 5.82 Å². The van der Waals surface area contributed by atoms with Gasteiger partial charge in [-0.25, -0.2) is 9.07 Å². The van der Waals surface area contributed by atoms with E-state index in [1.54, 1.807) is 29.9 Å². The Kier molecular flexibility index (Phi) is 4.21. The predicted molar refractivity (Wildman–Crippen MR) is 73.5 cm³/mol. The summed E-state index contributed by atoms with van der Waals surface area (Å²) in [4.78, 5) is 10.9. The summed E-state index contributed by atoms with van der Waals surface area (Å²) in [6.45, 7) is 1.76. The van der Waals surface area contributed by atoms with Crippen LogP contribution in [0.1, 0.15) is 12.6 Å². The van der Waals surface area contributed by atoms with E-state index in [-0.39, 0.29) is 17.0 Å². The van der Waals surface area contributed by atoms with Crippen LogP contribution in [0.2, 0.25) is 0 Å². The van der Waals surface area contributed by atoms with E-state index in [1.165, 1.54) is 23.9 Å². The molecule has 2 N–H and O–H groups in total. The lowest BCUT2D eigenvalue weighted by molar-refractivity contribution is -0.117. The van der Waals surface area contributed by atoms with Crippen molar-refractivity contribution in [1.82, 2.24) is 9.78 Å². The molecule has 1 atom stereocenters. The second-order valence-corrected chi connectivity index (χ2v) is 5.42. The maximum atomic E-state index is 13.1. The minimum absolute atomic E-state index is 0.251. The molecule has 2 rings (SSSR count). The summed E-state index contributed by atoms with van der Waals surface area (Å²) in [5, 5.41) is 4.08. The number of rotatable bonds is 5. The van der Waals surface area contributed by atoms with Crippen molar-refractivity contribution in [2.75, 3.05) is 0 Å². The third kappa shape index (κ3) is 3.57. The van der Waals surface area contributed by atoms with Gasteiger partial charge in [0.25, 0.3) is 0 Å². The van der Waals surface area contributed by atoms with E-state index in [1.807, 2.05) is 6.07 Å². The molecule has 6 heteroatoms. The maximum absolute atomic E-state index is 13.1. The van der Waals surface area contributed by atoms with Gasteiger partial charge in [-0.05, 0) is 31.2 Å². The van der Waals surface area contributed by atoms with E-state index in [0.29, 0.717) is 11.4 Å². The lowest BCUT2D eigenvalue weighted by Gasteiger charge is -2.04. The lowest BCUT2D eigenvalue weighted by atomic mass is 10.3. The van der Waals surface area contributed by atoms with Crippen LogP contribution in [0.5, 0.6) is 0 Å². The molecule has 0 aliphatic carbocycles. The van der Waals surface area contributed by atoms with Crippen molar-refractivity contribution >= 4 is 17.7 Å². The molecule has 0 radical (unpaired) electrons. The zero-order valence-electron chi connectivity index (χ0n) is 10.4. The average Bonchev–Trinajstić information content (AvgIpc) is 2.84. The normalized spacial score (nSPS) is 12.3. The first-order chi connectivity index (χ1) is 9.06. The van der Waals surface area contributed by atoms with Crippen molar-refractivity contribution in [3.8, 4) is 5.69 Å². The monoisotopic (exact) mass is 279 g/mol. The molecular formula is C13H14FN3OS. The Morgan fingerprint density at radius 3 is 3.00 bits per heavy atom. The molecule has 0 aliphatic heterocycles. The minimum Gasteiger partial charge on any atom is -0.369 e. The Morgan fingerprint density at radius 1 is 1.53 bits per heavy atom. The lowest BCUT2D eigenvalue weighted by Crippen LogP contribution is -2.22. The van der Waals surface area contributed by atoms with Crippen molar-refractivity contribution in [2.45, 2.75) is 17.9 Å². The number of carbonyl (C=O) groups excluding carboxylic acids is 1. The molecule has 1 heterocycles. The van der Waals surface area contributed by atoms with Crippen LogP contribution in [0, 0.1) is 5.82 Å². The van der Waals surface area contributed by atoms with Gasteiger partial charge in [-0.15, -0.1) is 11.8 Å². The number of carbonyl (C=O) groups is 1. The van der Waals surface area contributed by atoms with Gasteiger partial charge in [-0.2, -0.15) is 5.10 Å². The summed E-state index contributed by atoms with van der Waals surface area (Å²) < 4.78 is 14.7. The van der Waals surface area contributed by atoms with E-state index in [2.05, 4.69) is 5.10 Å². The van der Waals surface area contributed by atoms with E-state index < -0.39 is 0 Å². The molecule has 4 nitrogen and oxygen atoms in total. The van der Waals surface area contributed by atoms with Gasteiger partial charge in [-0.1, -0.05) is 6.07 Å². The Hall–Kier alpha value is -1.82. The number of halogens is 1. The molecule has 1 aromatic heterocycles. The van der Waals surface area contributed by atoms with Gasteiger partial charge < -0.3 is 5.73 Å². The van der Waals surface area contributed by atoms with Crippen molar-refractivity contribution in [3.63, 3.8) is 0 Å². The average molecular weight is 279 g/mol. The van der Waals surface area contributed by atoms with Gasteiger partial charge in [0.15, 0.2) is 0 Å². The third-order valence-corrected chi connectivity index (χ3v) is 3.79. The number of thioether (sulfide) groups is 1.